The van der Waals surface area contributed by atoms with Gasteiger partial charge in [0.25, 0.3) is 0 Å². The maximum absolute atomic E-state index is 5.74. The van der Waals surface area contributed by atoms with Crippen molar-refractivity contribution in [2.75, 3.05) is 25.9 Å². The second kappa shape index (κ2) is 5.00. The van der Waals surface area contributed by atoms with Crippen molar-refractivity contribution in [3.63, 3.8) is 0 Å². The Kier molecular flexibility index (Phi) is 3.20. The van der Waals surface area contributed by atoms with Crippen molar-refractivity contribution in [3.05, 3.63) is 6.33 Å². The summed E-state index contributed by atoms with van der Waals surface area (Å²) >= 11 is 0. The van der Waals surface area contributed by atoms with Crippen molar-refractivity contribution < 1.29 is 4.74 Å². The molecule has 1 fully saturated rings. The zero-order chi connectivity index (χ0) is 13.2. The first-order valence-electron chi connectivity index (χ1n) is 6.53. The Morgan fingerprint density at radius 1 is 1.53 bits per heavy atom. The molecular formula is C12H18N6O. The molecule has 1 aliphatic rings. The lowest BCUT2D eigenvalue weighted by Gasteiger charge is -2.19. The van der Waals surface area contributed by atoms with Gasteiger partial charge in [0.05, 0.1) is 12.9 Å². The van der Waals surface area contributed by atoms with Crippen molar-refractivity contribution in [2.45, 2.75) is 25.3 Å². The number of nitrogen functional groups attached to an aromatic ring is 1. The average molecular weight is 262 g/mol. The fraction of sp³-hybridized carbons (Fsp3) is 0.583. The van der Waals surface area contributed by atoms with E-state index in [1.54, 1.807) is 6.33 Å². The van der Waals surface area contributed by atoms with Crippen LogP contribution in [0.3, 0.4) is 0 Å². The van der Waals surface area contributed by atoms with Crippen LogP contribution in [0.5, 0.6) is 5.88 Å². The van der Waals surface area contributed by atoms with Crippen LogP contribution >= 0.6 is 0 Å². The second-order valence-electron chi connectivity index (χ2n) is 4.90. The van der Waals surface area contributed by atoms with Crippen LogP contribution in [0.2, 0.25) is 0 Å². The van der Waals surface area contributed by atoms with Crippen LogP contribution in [0.1, 0.15) is 19.3 Å². The van der Waals surface area contributed by atoms with Crippen LogP contribution in [0.4, 0.5) is 5.95 Å². The Labute approximate surface area is 111 Å². The molecule has 0 saturated carbocycles. The normalized spacial score (nSPS) is 20.2. The number of imidazole rings is 1. The van der Waals surface area contributed by atoms with Gasteiger partial charge >= 0.3 is 0 Å². The number of anilines is 1. The van der Waals surface area contributed by atoms with Crippen LogP contribution in [-0.2, 0) is 0 Å². The van der Waals surface area contributed by atoms with E-state index in [9.17, 15) is 0 Å². The predicted molar refractivity (Wildman–Crippen MR) is 71.9 cm³/mol. The topological polar surface area (TPSA) is 92.9 Å². The van der Waals surface area contributed by atoms with Crippen LogP contribution in [0.25, 0.3) is 11.2 Å². The zero-order valence-electron chi connectivity index (χ0n) is 11.0. The number of likely N-dealkylation sites (tertiary alicyclic amines) is 1. The highest BCUT2D eigenvalue weighted by Crippen LogP contribution is 2.21. The van der Waals surface area contributed by atoms with Gasteiger partial charge in [-0.1, -0.05) is 0 Å². The van der Waals surface area contributed by atoms with Gasteiger partial charge in [0, 0.05) is 6.04 Å². The van der Waals surface area contributed by atoms with E-state index in [2.05, 4.69) is 31.9 Å². The average Bonchev–Trinajstić information content (AvgIpc) is 2.98. The number of ether oxygens (including phenoxy) is 1. The van der Waals surface area contributed by atoms with Gasteiger partial charge in [-0.3, -0.25) is 0 Å². The molecule has 0 spiro atoms. The van der Waals surface area contributed by atoms with Crippen LogP contribution in [0.15, 0.2) is 6.33 Å². The van der Waals surface area contributed by atoms with E-state index in [0.717, 1.165) is 6.42 Å². The number of hydrogen-bond acceptors (Lipinski definition) is 6. The maximum atomic E-state index is 5.74. The van der Waals surface area contributed by atoms with Gasteiger partial charge in [0.15, 0.2) is 5.65 Å². The van der Waals surface area contributed by atoms with E-state index in [1.165, 1.54) is 19.4 Å². The SMILES string of the molecule is CN1CCCC1CCOc1nc(N)nc2nc[nH]c12. The molecule has 0 amide bonds. The monoisotopic (exact) mass is 262 g/mol. The summed E-state index contributed by atoms with van der Waals surface area (Å²) in [6.45, 7) is 1.80. The molecule has 3 rings (SSSR count). The molecular weight excluding hydrogens is 244 g/mol. The molecule has 102 valence electrons. The highest BCUT2D eigenvalue weighted by molar-refractivity contribution is 5.76. The number of nitrogens with two attached hydrogens (primary N) is 1. The minimum atomic E-state index is 0.188. The number of nitrogens with zero attached hydrogens (tertiary/aromatic N) is 4. The fourth-order valence-electron chi connectivity index (χ4n) is 2.56. The summed E-state index contributed by atoms with van der Waals surface area (Å²) in [6, 6.07) is 0.608. The summed E-state index contributed by atoms with van der Waals surface area (Å²) in [6.07, 6.45) is 5.07. The molecule has 1 atom stereocenters. The molecule has 19 heavy (non-hydrogen) atoms. The summed E-state index contributed by atoms with van der Waals surface area (Å²) in [4.78, 5) is 17.6. The summed E-state index contributed by atoms with van der Waals surface area (Å²) in [5, 5.41) is 0. The van der Waals surface area contributed by atoms with E-state index in [0.29, 0.717) is 29.7 Å². The molecule has 2 aromatic rings. The van der Waals surface area contributed by atoms with Crippen molar-refractivity contribution in [1.82, 2.24) is 24.8 Å². The Morgan fingerprint density at radius 3 is 3.21 bits per heavy atom. The van der Waals surface area contributed by atoms with Gasteiger partial charge in [-0.05, 0) is 32.9 Å². The molecule has 2 aromatic heterocycles. The lowest BCUT2D eigenvalue weighted by Crippen LogP contribution is -2.26. The first-order valence-corrected chi connectivity index (χ1v) is 6.53. The Hall–Kier alpha value is -1.89. The van der Waals surface area contributed by atoms with Crippen molar-refractivity contribution in [1.29, 1.82) is 0 Å². The van der Waals surface area contributed by atoms with E-state index < -0.39 is 0 Å². The molecule has 0 bridgehead atoms. The summed E-state index contributed by atoms with van der Waals surface area (Å²) in [7, 11) is 2.16. The van der Waals surface area contributed by atoms with Gasteiger partial charge in [-0.2, -0.15) is 9.97 Å². The number of H-pyrrole nitrogens is 1. The van der Waals surface area contributed by atoms with Gasteiger partial charge < -0.3 is 20.4 Å². The molecule has 0 aliphatic carbocycles. The van der Waals surface area contributed by atoms with Gasteiger partial charge in [0.1, 0.15) is 5.52 Å². The number of aromatic nitrogens is 4. The van der Waals surface area contributed by atoms with E-state index in [4.69, 9.17) is 10.5 Å². The molecule has 3 heterocycles. The third-order valence-electron chi connectivity index (χ3n) is 3.63. The Bertz CT molecular complexity index is 568. The third-order valence-corrected chi connectivity index (χ3v) is 3.63. The standard InChI is InChI=1S/C12H18N6O/c1-18-5-2-3-8(18)4-6-19-11-9-10(15-7-14-9)16-12(13)17-11/h7-8H,2-6H2,1H3,(H3,13,14,15,16,17). The molecule has 3 N–H and O–H groups in total. The highest BCUT2D eigenvalue weighted by Gasteiger charge is 2.20. The summed E-state index contributed by atoms with van der Waals surface area (Å²) in [5.41, 5.74) is 6.88. The first kappa shape index (κ1) is 12.2. The van der Waals surface area contributed by atoms with Crippen molar-refractivity contribution in [3.8, 4) is 5.88 Å². The number of rotatable bonds is 4. The largest absolute Gasteiger partial charge is 0.476 e. The lowest BCUT2D eigenvalue weighted by atomic mass is 10.1. The molecule has 1 aliphatic heterocycles. The molecule has 7 nitrogen and oxygen atoms in total. The van der Waals surface area contributed by atoms with Crippen LogP contribution in [-0.4, -0.2) is 51.1 Å². The lowest BCUT2D eigenvalue weighted by molar-refractivity contribution is 0.230. The molecule has 0 radical (unpaired) electrons. The fourth-order valence-corrected chi connectivity index (χ4v) is 2.56. The maximum Gasteiger partial charge on any atom is 0.245 e. The van der Waals surface area contributed by atoms with Crippen molar-refractivity contribution >= 4 is 17.1 Å². The quantitative estimate of drug-likeness (QED) is 0.846. The second-order valence-corrected chi connectivity index (χ2v) is 4.90. The highest BCUT2D eigenvalue weighted by atomic mass is 16.5. The minimum absolute atomic E-state index is 0.188. The Balaban J connectivity index is 1.66. The summed E-state index contributed by atoms with van der Waals surface area (Å²) < 4.78 is 5.74. The Morgan fingerprint density at radius 2 is 2.42 bits per heavy atom. The number of aromatic amines is 1. The van der Waals surface area contributed by atoms with Crippen LogP contribution in [0, 0.1) is 0 Å². The molecule has 1 unspecified atom stereocenters. The number of nitrogens with one attached hydrogen (secondary N) is 1. The van der Waals surface area contributed by atoms with Gasteiger partial charge in [-0.25, -0.2) is 4.98 Å². The predicted octanol–water partition coefficient (Wildman–Crippen LogP) is 0.798. The summed E-state index contributed by atoms with van der Waals surface area (Å²) in [5.74, 6) is 0.674. The zero-order valence-corrected chi connectivity index (χ0v) is 11.0. The van der Waals surface area contributed by atoms with Gasteiger partial charge in [0.2, 0.25) is 11.8 Å². The number of hydrogen-bond donors (Lipinski definition) is 2. The first-order chi connectivity index (χ1) is 9.24. The molecule has 1 saturated heterocycles. The third kappa shape index (κ3) is 2.46. The molecule has 7 heteroatoms. The van der Waals surface area contributed by atoms with Crippen molar-refractivity contribution in [2.24, 2.45) is 0 Å². The van der Waals surface area contributed by atoms with E-state index in [1.807, 2.05) is 0 Å². The van der Waals surface area contributed by atoms with E-state index in [-0.39, 0.29) is 5.95 Å². The van der Waals surface area contributed by atoms with Gasteiger partial charge in [-0.15, -0.1) is 0 Å². The smallest absolute Gasteiger partial charge is 0.245 e. The number of fused-ring (bicyclic) bond motifs is 1. The van der Waals surface area contributed by atoms with E-state index >= 15 is 0 Å². The van der Waals surface area contributed by atoms with Crippen LogP contribution < -0.4 is 10.5 Å². The molecule has 0 aromatic carbocycles. The minimum Gasteiger partial charge on any atom is -0.476 e.